The van der Waals surface area contributed by atoms with Crippen molar-refractivity contribution >= 4 is 34.3 Å². The van der Waals surface area contributed by atoms with E-state index in [2.05, 4.69) is 27.3 Å². The molecule has 1 aromatic heterocycles. The van der Waals surface area contributed by atoms with Crippen LogP contribution in [0.1, 0.15) is 35.7 Å². The van der Waals surface area contributed by atoms with Gasteiger partial charge in [-0.05, 0) is 45.0 Å². The molecule has 3 heterocycles. The molecule has 11 heteroatoms. The van der Waals surface area contributed by atoms with Gasteiger partial charge in [0, 0.05) is 81.8 Å². The molecule has 2 fully saturated rings. The molecule has 0 saturated carbocycles. The Morgan fingerprint density at radius 3 is 2.60 bits per heavy atom. The lowest BCUT2D eigenvalue weighted by atomic mass is 9.90. The van der Waals surface area contributed by atoms with Crippen molar-refractivity contribution in [3.05, 3.63) is 47.7 Å². The number of ether oxygens (including phenoxy) is 2. The highest BCUT2D eigenvalue weighted by molar-refractivity contribution is 7.86. The number of nitrogens with one attached hydrogen (secondary N) is 3. The standard InChI is InChI=1S/C19H19F2N3O3.C5H11NOS/c20-19(21)27-15-3-1-2-14(9-15)24-18-16(8-12(11-25)10-23-18)17(22)13-4-6-26-7-5-13;1-5(6-2)3-8(7)4-5/h1-3,8-11,13,19,22H,4-7H2,(H,23,24);6H,3-4H2,1-2H3. The van der Waals surface area contributed by atoms with Crippen LogP contribution in [0.4, 0.5) is 20.3 Å². The molecule has 35 heavy (non-hydrogen) atoms. The summed E-state index contributed by atoms with van der Waals surface area (Å²) in [5, 5.41) is 14.7. The second-order valence-electron chi connectivity index (χ2n) is 8.65. The number of benzene rings is 1. The highest BCUT2D eigenvalue weighted by atomic mass is 32.2. The SMILES string of the molecule is CNC1(C)CS(=O)C1.N=C(c1cc(C=O)cnc1Nc1cccc(OC(F)F)c1)C1CCOCC1. The topological polar surface area (TPSA) is 113 Å². The summed E-state index contributed by atoms with van der Waals surface area (Å²) in [6.07, 6.45) is 3.52. The van der Waals surface area contributed by atoms with Gasteiger partial charge in [-0.3, -0.25) is 9.00 Å². The zero-order valence-corrected chi connectivity index (χ0v) is 20.5. The molecule has 1 aromatic carbocycles. The van der Waals surface area contributed by atoms with Gasteiger partial charge in [-0.2, -0.15) is 8.78 Å². The van der Waals surface area contributed by atoms with Crippen LogP contribution in [0.3, 0.4) is 0 Å². The van der Waals surface area contributed by atoms with E-state index in [1.165, 1.54) is 18.3 Å². The third kappa shape index (κ3) is 7.61. The van der Waals surface area contributed by atoms with Crippen LogP contribution in [-0.2, 0) is 15.5 Å². The summed E-state index contributed by atoms with van der Waals surface area (Å²) >= 11 is 0. The first-order chi connectivity index (χ1) is 16.7. The number of aldehydes is 1. The van der Waals surface area contributed by atoms with Gasteiger partial charge in [0.25, 0.3) is 0 Å². The van der Waals surface area contributed by atoms with Crippen LogP contribution in [0.25, 0.3) is 0 Å². The van der Waals surface area contributed by atoms with E-state index in [0.29, 0.717) is 47.8 Å². The Labute approximate surface area is 205 Å². The first-order valence-corrected chi connectivity index (χ1v) is 12.7. The lowest BCUT2D eigenvalue weighted by molar-refractivity contribution is -0.0498. The molecule has 0 radical (unpaired) electrons. The normalized spacial score (nSPS) is 21.9. The summed E-state index contributed by atoms with van der Waals surface area (Å²) in [6, 6.07) is 7.70. The number of pyridine rings is 1. The number of rotatable bonds is 8. The van der Waals surface area contributed by atoms with E-state index in [0.717, 1.165) is 24.3 Å². The van der Waals surface area contributed by atoms with Gasteiger partial charge in [-0.25, -0.2) is 4.98 Å². The molecular weight excluding hydrogens is 478 g/mol. The van der Waals surface area contributed by atoms with Gasteiger partial charge in [0.05, 0.1) is 0 Å². The zero-order valence-electron chi connectivity index (χ0n) is 19.7. The quantitative estimate of drug-likeness (QED) is 0.368. The van der Waals surface area contributed by atoms with Crippen molar-refractivity contribution in [3.8, 4) is 5.75 Å². The van der Waals surface area contributed by atoms with E-state index in [1.54, 1.807) is 18.2 Å². The van der Waals surface area contributed by atoms with E-state index < -0.39 is 17.4 Å². The van der Waals surface area contributed by atoms with Gasteiger partial charge < -0.3 is 25.5 Å². The number of nitrogens with zero attached hydrogens (tertiary/aromatic N) is 1. The van der Waals surface area contributed by atoms with Gasteiger partial charge in [0.1, 0.15) is 11.6 Å². The fourth-order valence-corrected chi connectivity index (χ4v) is 5.38. The fourth-order valence-electron chi connectivity index (χ4n) is 3.76. The van der Waals surface area contributed by atoms with Gasteiger partial charge in [-0.15, -0.1) is 0 Å². The highest BCUT2D eigenvalue weighted by Crippen LogP contribution is 2.28. The summed E-state index contributed by atoms with van der Waals surface area (Å²) in [4.78, 5) is 15.4. The molecule has 0 unspecified atom stereocenters. The molecule has 3 N–H and O–H groups in total. The van der Waals surface area contributed by atoms with Crippen LogP contribution in [0.2, 0.25) is 0 Å². The molecule has 0 amide bonds. The fraction of sp³-hybridized carbons (Fsp3) is 0.458. The summed E-state index contributed by atoms with van der Waals surface area (Å²) < 4.78 is 45.1. The molecule has 2 aromatic rings. The summed E-state index contributed by atoms with van der Waals surface area (Å²) in [7, 11) is 1.39. The number of halogens is 2. The maximum Gasteiger partial charge on any atom is 0.387 e. The number of aromatic nitrogens is 1. The van der Waals surface area contributed by atoms with Crippen LogP contribution in [-0.4, -0.2) is 65.1 Å². The number of carbonyl (C=O) groups is 1. The summed E-state index contributed by atoms with van der Waals surface area (Å²) in [5.41, 5.74) is 1.91. The smallest absolute Gasteiger partial charge is 0.387 e. The number of hydrogen-bond acceptors (Lipinski definition) is 8. The second-order valence-corrected chi connectivity index (χ2v) is 10.1. The predicted octanol–water partition coefficient (Wildman–Crippen LogP) is 3.76. The highest BCUT2D eigenvalue weighted by Gasteiger charge is 2.36. The van der Waals surface area contributed by atoms with Crippen LogP contribution < -0.4 is 15.4 Å². The maximum atomic E-state index is 12.4. The van der Waals surface area contributed by atoms with Crippen molar-refractivity contribution in [1.82, 2.24) is 10.3 Å². The van der Waals surface area contributed by atoms with E-state index in [1.807, 2.05) is 7.05 Å². The molecule has 0 aliphatic carbocycles. The number of hydrogen-bond donors (Lipinski definition) is 3. The van der Waals surface area contributed by atoms with Crippen LogP contribution in [0.5, 0.6) is 5.75 Å². The Morgan fingerprint density at radius 2 is 2.03 bits per heavy atom. The lowest BCUT2D eigenvalue weighted by Gasteiger charge is -2.36. The van der Waals surface area contributed by atoms with Gasteiger partial charge in [-0.1, -0.05) is 6.07 Å². The predicted molar refractivity (Wildman–Crippen MR) is 132 cm³/mol. The number of alkyl halides is 2. The molecule has 2 aliphatic heterocycles. The van der Waals surface area contributed by atoms with Crippen LogP contribution in [0, 0.1) is 11.3 Å². The summed E-state index contributed by atoms with van der Waals surface area (Å²) in [5.74, 6) is 2.05. The number of anilines is 2. The Hall–Kier alpha value is -2.76. The van der Waals surface area contributed by atoms with E-state index >= 15 is 0 Å². The maximum absolute atomic E-state index is 12.4. The van der Waals surface area contributed by atoms with Crippen molar-refractivity contribution < 1.29 is 27.3 Å². The minimum Gasteiger partial charge on any atom is -0.435 e. The van der Waals surface area contributed by atoms with Crippen LogP contribution >= 0.6 is 0 Å². The Kier molecular flexibility index (Phi) is 9.41. The molecular formula is C24H30F2N4O4S. The molecule has 0 spiro atoms. The largest absolute Gasteiger partial charge is 0.435 e. The summed E-state index contributed by atoms with van der Waals surface area (Å²) in [6.45, 7) is 0.351. The van der Waals surface area contributed by atoms with Crippen molar-refractivity contribution in [3.63, 3.8) is 0 Å². The zero-order chi connectivity index (χ0) is 25.4. The molecule has 0 atom stereocenters. The monoisotopic (exact) mass is 508 g/mol. The lowest BCUT2D eigenvalue weighted by Crippen LogP contribution is -2.58. The molecule has 0 bridgehead atoms. The van der Waals surface area contributed by atoms with Crippen molar-refractivity contribution in [2.75, 3.05) is 37.1 Å². The average molecular weight is 509 g/mol. The van der Waals surface area contributed by atoms with Crippen LogP contribution in [0.15, 0.2) is 36.5 Å². The second kappa shape index (κ2) is 12.3. The minimum atomic E-state index is -2.91. The average Bonchev–Trinajstić information content (AvgIpc) is 2.84. The third-order valence-corrected chi connectivity index (χ3v) is 7.77. The molecule has 4 rings (SSSR count). The minimum absolute atomic E-state index is 0.0107. The van der Waals surface area contributed by atoms with Gasteiger partial charge in [0.15, 0.2) is 6.29 Å². The first kappa shape index (κ1) is 26.8. The van der Waals surface area contributed by atoms with Crippen molar-refractivity contribution in [1.29, 1.82) is 5.41 Å². The van der Waals surface area contributed by atoms with E-state index in [-0.39, 0.29) is 17.2 Å². The van der Waals surface area contributed by atoms with E-state index in [9.17, 15) is 17.8 Å². The Bertz CT molecular complexity index is 1060. The van der Waals surface area contributed by atoms with Crippen molar-refractivity contribution in [2.45, 2.75) is 31.9 Å². The molecule has 8 nitrogen and oxygen atoms in total. The number of carbonyl (C=O) groups excluding carboxylic acids is 1. The molecule has 190 valence electrons. The Morgan fingerprint density at radius 1 is 1.31 bits per heavy atom. The van der Waals surface area contributed by atoms with Gasteiger partial charge in [0.2, 0.25) is 0 Å². The molecule has 2 aliphatic rings. The molecule has 2 saturated heterocycles. The Balaban J connectivity index is 0.000000363. The van der Waals surface area contributed by atoms with E-state index in [4.69, 9.17) is 10.1 Å². The van der Waals surface area contributed by atoms with Gasteiger partial charge >= 0.3 is 6.61 Å². The third-order valence-electron chi connectivity index (χ3n) is 5.85. The van der Waals surface area contributed by atoms with Crippen molar-refractivity contribution in [2.24, 2.45) is 5.92 Å². The first-order valence-electron chi connectivity index (χ1n) is 11.2.